The molecule has 1 aliphatic rings. The molecule has 0 spiro atoms. The van der Waals surface area contributed by atoms with Gasteiger partial charge in [0.05, 0.1) is 41.3 Å². The Balaban J connectivity index is 1.29. The second-order valence-electron chi connectivity index (χ2n) is 8.64. The summed E-state index contributed by atoms with van der Waals surface area (Å²) in [6, 6.07) is 15.1. The van der Waals surface area contributed by atoms with Gasteiger partial charge in [-0.1, -0.05) is 30.3 Å². The van der Waals surface area contributed by atoms with Crippen molar-refractivity contribution >= 4 is 28.5 Å². The Bertz CT molecular complexity index is 1420. The number of nitrogens with one attached hydrogen (secondary N) is 2. The Labute approximate surface area is 202 Å². The topological polar surface area (TPSA) is 113 Å². The number of hydrogen-bond donors (Lipinski definition) is 2. The lowest BCUT2D eigenvalue weighted by molar-refractivity contribution is -0.131. The van der Waals surface area contributed by atoms with Crippen molar-refractivity contribution in [3.63, 3.8) is 0 Å². The number of fused-ring (bicyclic) bond motifs is 1. The number of ether oxygens (including phenoxy) is 1. The molecule has 0 saturated carbocycles. The van der Waals surface area contributed by atoms with Crippen molar-refractivity contribution in [2.45, 2.75) is 26.9 Å². The molecule has 2 aromatic carbocycles. The fraction of sp³-hybridized carbons (Fsp3) is 0.269. The molecule has 2 N–H and O–H groups in total. The predicted molar refractivity (Wildman–Crippen MR) is 132 cm³/mol. The number of morpholine rings is 1. The summed E-state index contributed by atoms with van der Waals surface area (Å²) in [5, 5.41) is 10.1. The molecule has 3 heterocycles. The van der Waals surface area contributed by atoms with Crippen LogP contribution in [-0.2, 0) is 9.53 Å². The molecule has 1 atom stereocenters. The van der Waals surface area contributed by atoms with Crippen LogP contribution in [0.4, 0.5) is 5.69 Å². The van der Waals surface area contributed by atoms with Gasteiger partial charge >= 0.3 is 0 Å². The number of H-pyrrole nitrogens is 1. The molecular formula is C26H26N6O3. The first-order chi connectivity index (χ1) is 16.9. The summed E-state index contributed by atoms with van der Waals surface area (Å²) >= 11 is 0. The number of carbonyl (C=O) groups excluding carboxylic acids is 2. The van der Waals surface area contributed by atoms with E-state index in [1.807, 2.05) is 57.2 Å². The number of carbonyl (C=O) groups is 2. The van der Waals surface area contributed by atoms with Crippen LogP contribution >= 0.6 is 0 Å². The molecule has 1 saturated heterocycles. The fourth-order valence-electron chi connectivity index (χ4n) is 4.16. The molecule has 0 bridgehead atoms. The first-order valence-corrected chi connectivity index (χ1v) is 11.5. The third kappa shape index (κ3) is 4.50. The highest BCUT2D eigenvalue weighted by Gasteiger charge is 2.31. The van der Waals surface area contributed by atoms with E-state index in [0.29, 0.717) is 23.4 Å². The maximum Gasteiger partial charge on any atom is 0.272 e. The number of hydrogen-bond acceptors (Lipinski definition) is 6. The number of rotatable bonds is 4. The molecule has 9 nitrogen and oxygen atoms in total. The Morgan fingerprint density at radius 2 is 1.77 bits per heavy atom. The molecule has 0 radical (unpaired) electrons. The number of anilines is 1. The minimum absolute atomic E-state index is 0.148. The molecule has 1 fully saturated rings. The fourth-order valence-corrected chi connectivity index (χ4v) is 4.16. The molecule has 178 valence electrons. The second kappa shape index (κ2) is 9.27. The van der Waals surface area contributed by atoms with E-state index in [-0.39, 0.29) is 25.0 Å². The first kappa shape index (κ1) is 22.7. The van der Waals surface area contributed by atoms with Gasteiger partial charge in [0, 0.05) is 23.4 Å². The highest BCUT2D eigenvalue weighted by atomic mass is 16.5. The van der Waals surface area contributed by atoms with Gasteiger partial charge in [-0.15, -0.1) is 0 Å². The van der Waals surface area contributed by atoms with Crippen molar-refractivity contribution in [2.24, 2.45) is 0 Å². The Kier molecular flexibility index (Phi) is 6.00. The molecule has 35 heavy (non-hydrogen) atoms. The van der Waals surface area contributed by atoms with Gasteiger partial charge in [0.15, 0.2) is 6.10 Å². The van der Waals surface area contributed by atoms with Gasteiger partial charge < -0.3 is 15.0 Å². The lowest BCUT2D eigenvalue weighted by Gasteiger charge is -2.32. The van der Waals surface area contributed by atoms with E-state index in [9.17, 15) is 9.59 Å². The number of aryl methyl sites for hydroxylation is 2. The molecular weight excluding hydrogens is 444 g/mol. The highest BCUT2D eigenvalue weighted by Crippen LogP contribution is 2.24. The minimum atomic E-state index is -0.786. The average Bonchev–Trinajstić information content (AvgIpc) is 3.26. The molecule has 5 rings (SSSR count). The summed E-state index contributed by atoms with van der Waals surface area (Å²) in [5.74, 6) is -0.518. The summed E-state index contributed by atoms with van der Waals surface area (Å²) in [6.07, 6.45) is -0.786. The van der Waals surface area contributed by atoms with Crippen molar-refractivity contribution in [2.75, 3.05) is 25.0 Å². The summed E-state index contributed by atoms with van der Waals surface area (Å²) in [6.45, 7) is 6.50. The van der Waals surface area contributed by atoms with E-state index in [2.05, 4.69) is 25.5 Å². The molecule has 4 aromatic rings. The summed E-state index contributed by atoms with van der Waals surface area (Å²) in [4.78, 5) is 36.9. The summed E-state index contributed by atoms with van der Waals surface area (Å²) in [5.41, 5.74) is 6.65. The standard InChI is InChI=1S/C26H26N6O3/c1-15-23(18-7-5-4-6-8-18)30-31-24(15)26(34)32-11-12-35-22(14-32)25(33)29-19-9-10-20-21(13-19)28-17(3)16(2)27-20/h4-10,13,22H,11-12,14H2,1-3H3,(H,29,33)(H,30,31). The number of amides is 2. The van der Waals surface area contributed by atoms with Crippen LogP contribution in [0, 0.1) is 20.8 Å². The third-order valence-corrected chi connectivity index (χ3v) is 6.26. The van der Waals surface area contributed by atoms with Crippen LogP contribution in [-0.4, -0.2) is 62.7 Å². The van der Waals surface area contributed by atoms with E-state index in [0.717, 1.165) is 33.7 Å². The monoisotopic (exact) mass is 470 g/mol. The lowest BCUT2D eigenvalue weighted by atomic mass is 10.1. The minimum Gasteiger partial charge on any atom is -0.365 e. The SMILES string of the molecule is Cc1nc2ccc(NC(=O)C3CN(C(=O)c4[nH]nc(-c5ccccc5)c4C)CCO3)cc2nc1C. The zero-order valence-electron chi connectivity index (χ0n) is 19.8. The second-order valence-corrected chi connectivity index (χ2v) is 8.64. The van der Waals surface area contributed by atoms with Gasteiger partial charge in [0.1, 0.15) is 5.69 Å². The molecule has 0 aliphatic carbocycles. The number of benzene rings is 2. The molecule has 2 aromatic heterocycles. The van der Waals surface area contributed by atoms with Crippen LogP contribution in [0.2, 0.25) is 0 Å². The molecule has 9 heteroatoms. The van der Waals surface area contributed by atoms with E-state index in [1.165, 1.54) is 0 Å². The molecule has 2 amide bonds. The maximum atomic E-state index is 13.2. The highest BCUT2D eigenvalue weighted by molar-refractivity contribution is 5.98. The van der Waals surface area contributed by atoms with Crippen molar-refractivity contribution in [3.05, 3.63) is 71.2 Å². The van der Waals surface area contributed by atoms with Crippen LogP contribution in [0.15, 0.2) is 48.5 Å². The van der Waals surface area contributed by atoms with Crippen molar-refractivity contribution < 1.29 is 14.3 Å². The van der Waals surface area contributed by atoms with Gasteiger partial charge in [-0.25, -0.2) is 9.97 Å². The lowest BCUT2D eigenvalue weighted by Crippen LogP contribution is -2.50. The maximum absolute atomic E-state index is 13.2. The van der Waals surface area contributed by atoms with E-state index in [1.54, 1.807) is 17.0 Å². The Morgan fingerprint density at radius 3 is 2.54 bits per heavy atom. The smallest absolute Gasteiger partial charge is 0.272 e. The van der Waals surface area contributed by atoms with E-state index in [4.69, 9.17) is 4.74 Å². The molecule has 1 aliphatic heterocycles. The van der Waals surface area contributed by atoms with E-state index < -0.39 is 6.10 Å². The van der Waals surface area contributed by atoms with Crippen molar-refractivity contribution in [1.29, 1.82) is 0 Å². The number of aromatic amines is 1. The first-order valence-electron chi connectivity index (χ1n) is 11.5. The van der Waals surface area contributed by atoms with Crippen LogP contribution in [0.1, 0.15) is 27.4 Å². The van der Waals surface area contributed by atoms with Crippen LogP contribution in [0.5, 0.6) is 0 Å². The van der Waals surface area contributed by atoms with Gasteiger partial charge in [-0.05, 0) is 39.0 Å². The van der Waals surface area contributed by atoms with Gasteiger partial charge in [0.25, 0.3) is 11.8 Å². The van der Waals surface area contributed by atoms with E-state index >= 15 is 0 Å². The largest absolute Gasteiger partial charge is 0.365 e. The third-order valence-electron chi connectivity index (χ3n) is 6.26. The van der Waals surface area contributed by atoms with Crippen LogP contribution in [0.3, 0.4) is 0 Å². The zero-order chi connectivity index (χ0) is 24.5. The average molecular weight is 471 g/mol. The van der Waals surface area contributed by atoms with Gasteiger partial charge in [-0.2, -0.15) is 5.10 Å². The summed E-state index contributed by atoms with van der Waals surface area (Å²) in [7, 11) is 0. The Hall–Kier alpha value is -4.11. The predicted octanol–water partition coefficient (Wildman–Crippen LogP) is 3.42. The van der Waals surface area contributed by atoms with Gasteiger partial charge in [0.2, 0.25) is 0 Å². The van der Waals surface area contributed by atoms with Crippen molar-refractivity contribution in [1.82, 2.24) is 25.1 Å². The zero-order valence-corrected chi connectivity index (χ0v) is 19.8. The molecule has 1 unspecified atom stereocenters. The van der Waals surface area contributed by atoms with Crippen molar-refractivity contribution in [3.8, 4) is 11.3 Å². The quantitative estimate of drug-likeness (QED) is 0.473. The number of aromatic nitrogens is 4. The normalized spacial score (nSPS) is 15.9. The van der Waals surface area contributed by atoms with Gasteiger partial charge in [-0.3, -0.25) is 14.7 Å². The van der Waals surface area contributed by atoms with Crippen LogP contribution in [0.25, 0.3) is 22.3 Å². The van der Waals surface area contributed by atoms with Crippen LogP contribution < -0.4 is 5.32 Å². The Morgan fingerprint density at radius 1 is 1.03 bits per heavy atom. The number of nitrogens with zero attached hydrogens (tertiary/aromatic N) is 4. The summed E-state index contributed by atoms with van der Waals surface area (Å²) < 4.78 is 5.70.